The van der Waals surface area contributed by atoms with E-state index in [1.165, 1.54) is 13.0 Å². The molecule has 0 heterocycles. The molecular weight excluding hydrogens is 160 g/mol. The van der Waals surface area contributed by atoms with Crippen molar-refractivity contribution in [2.24, 2.45) is 0 Å². The van der Waals surface area contributed by atoms with E-state index in [0.29, 0.717) is 5.56 Å². The first-order chi connectivity index (χ1) is 5.52. The monoisotopic (exact) mass is 168 g/mol. The van der Waals surface area contributed by atoms with E-state index in [2.05, 4.69) is 0 Å². The van der Waals surface area contributed by atoms with Crippen LogP contribution in [0.4, 0.5) is 0 Å². The molecule has 0 spiro atoms. The van der Waals surface area contributed by atoms with Gasteiger partial charge in [-0.1, -0.05) is 0 Å². The van der Waals surface area contributed by atoms with Crippen molar-refractivity contribution in [1.29, 1.82) is 0 Å². The molecule has 0 saturated heterocycles. The van der Waals surface area contributed by atoms with Crippen molar-refractivity contribution >= 4 is 5.97 Å². The van der Waals surface area contributed by atoms with Gasteiger partial charge in [-0.05, 0) is 24.6 Å². The summed E-state index contributed by atoms with van der Waals surface area (Å²) in [5.74, 6) is -1.73. The molecule has 1 aromatic carbocycles. The number of hydrogen-bond donors (Lipinski definition) is 3. The number of aromatic carboxylic acids is 1. The molecule has 0 bridgehead atoms. The Labute approximate surface area is 68.7 Å². The lowest BCUT2D eigenvalue weighted by Gasteiger charge is -2.03. The molecule has 1 aromatic rings. The van der Waals surface area contributed by atoms with Crippen LogP contribution in [0.25, 0.3) is 0 Å². The first-order valence-corrected chi connectivity index (χ1v) is 3.28. The summed E-state index contributed by atoms with van der Waals surface area (Å²) in [5, 5.41) is 26.7. The summed E-state index contributed by atoms with van der Waals surface area (Å²) in [4.78, 5) is 10.5. The van der Waals surface area contributed by atoms with Crippen molar-refractivity contribution < 1.29 is 20.1 Å². The molecule has 0 aliphatic carbocycles. The predicted molar refractivity (Wildman–Crippen MR) is 41.5 cm³/mol. The number of benzene rings is 1. The second kappa shape index (κ2) is 2.73. The van der Waals surface area contributed by atoms with Gasteiger partial charge >= 0.3 is 5.97 Å². The van der Waals surface area contributed by atoms with Crippen LogP contribution in [0.1, 0.15) is 15.9 Å². The molecule has 64 valence electrons. The van der Waals surface area contributed by atoms with Gasteiger partial charge in [0, 0.05) is 0 Å². The highest BCUT2D eigenvalue weighted by molar-refractivity contribution is 5.91. The summed E-state index contributed by atoms with van der Waals surface area (Å²) in [6.45, 7) is 1.52. The van der Waals surface area contributed by atoms with Crippen LogP contribution in [0.3, 0.4) is 0 Å². The van der Waals surface area contributed by atoms with Crippen LogP contribution in [0.2, 0.25) is 0 Å². The molecule has 0 aliphatic rings. The van der Waals surface area contributed by atoms with Gasteiger partial charge in [-0.2, -0.15) is 0 Å². The minimum absolute atomic E-state index is 0.164. The quantitative estimate of drug-likeness (QED) is 0.549. The number of carbonyl (C=O) groups is 1. The van der Waals surface area contributed by atoms with Gasteiger partial charge in [0.1, 0.15) is 17.1 Å². The normalized spacial score (nSPS) is 9.75. The third-order valence-corrected chi connectivity index (χ3v) is 1.52. The van der Waals surface area contributed by atoms with Gasteiger partial charge in [-0.25, -0.2) is 4.79 Å². The number of carboxylic acids is 1. The average Bonchev–Trinajstić information content (AvgIpc) is 1.96. The summed E-state index contributed by atoms with van der Waals surface area (Å²) in [5.41, 5.74) is 0.0555. The van der Waals surface area contributed by atoms with Gasteiger partial charge in [0.25, 0.3) is 0 Å². The van der Waals surface area contributed by atoms with Gasteiger partial charge in [0.2, 0.25) is 0 Å². The van der Waals surface area contributed by atoms with Crippen molar-refractivity contribution in [2.75, 3.05) is 0 Å². The van der Waals surface area contributed by atoms with E-state index < -0.39 is 5.97 Å². The maximum absolute atomic E-state index is 10.5. The molecule has 0 unspecified atom stereocenters. The highest BCUT2D eigenvalue weighted by atomic mass is 16.4. The van der Waals surface area contributed by atoms with Crippen molar-refractivity contribution in [2.45, 2.75) is 6.92 Å². The van der Waals surface area contributed by atoms with E-state index >= 15 is 0 Å². The van der Waals surface area contributed by atoms with Gasteiger partial charge < -0.3 is 15.3 Å². The SMILES string of the molecule is Cc1cc(O)cc(C(=O)O)c1O. The number of phenols is 2. The van der Waals surface area contributed by atoms with Crippen LogP contribution in [-0.2, 0) is 0 Å². The van der Waals surface area contributed by atoms with E-state index in [0.717, 1.165) is 6.07 Å². The Hall–Kier alpha value is -1.71. The highest BCUT2D eigenvalue weighted by Crippen LogP contribution is 2.26. The Balaban J connectivity index is 3.37. The number of phenolic OH excluding ortho intramolecular Hbond substituents is 1. The molecule has 0 atom stereocenters. The van der Waals surface area contributed by atoms with Crippen molar-refractivity contribution in [3.8, 4) is 11.5 Å². The lowest BCUT2D eigenvalue weighted by Crippen LogP contribution is -1.97. The Morgan fingerprint density at radius 2 is 1.92 bits per heavy atom. The molecule has 0 amide bonds. The van der Waals surface area contributed by atoms with Crippen molar-refractivity contribution in [3.63, 3.8) is 0 Å². The van der Waals surface area contributed by atoms with E-state index in [-0.39, 0.29) is 17.1 Å². The molecule has 0 fully saturated rings. The molecule has 0 saturated carbocycles. The Morgan fingerprint density at radius 3 is 2.42 bits per heavy atom. The molecular formula is C8H8O4. The number of aromatic hydroxyl groups is 2. The summed E-state index contributed by atoms with van der Waals surface area (Å²) in [7, 11) is 0. The summed E-state index contributed by atoms with van der Waals surface area (Å²) in [6, 6.07) is 2.30. The number of carboxylic acid groups (broad SMARTS) is 1. The molecule has 4 nitrogen and oxygen atoms in total. The first kappa shape index (κ1) is 8.39. The van der Waals surface area contributed by atoms with E-state index in [4.69, 9.17) is 10.2 Å². The van der Waals surface area contributed by atoms with Crippen LogP contribution < -0.4 is 0 Å². The highest BCUT2D eigenvalue weighted by Gasteiger charge is 2.12. The van der Waals surface area contributed by atoms with Crippen LogP contribution in [-0.4, -0.2) is 21.3 Å². The maximum atomic E-state index is 10.5. The number of rotatable bonds is 1. The summed E-state index contributed by atoms with van der Waals surface area (Å²) in [6.07, 6.45) is 0. The third-order valence-electron chi connectivity index (χ3n) is 1.52. The Bertz CT molecular complexity index is 330. The van der Waals surface area contributed by atoms with Gasteiger partial charge in [0.05, 0.1) is 0 Å². The topological polar surface area (TPSA) is 77.8 Å². The Kier molecular flexibility index (Phi) is 1.91. The lowest BCUT2D eigenvalue weighted by atomic mass is 10.1. The first-order valence-electron chi connectivity index (χ1n) is 3.28. The molecule has 0 radical (unpaired) electrons. The fraction of sp³-hybridized carbons (Fsp3) is 0.125. The van der Waals surface area contributed by atoms with Crippen LogP contribution in [0, 0.1) is 6.92 Å². The largest absolute Gasteiger partial charge is 0.508 e. The second-order valence-electron chi connectivity index (χ2n) is 2.46. The zero-order valence-electron chi connectivity index (χ0n) is 6.40. The fourth-order valence-electron chi connectivity index (χ4n) is 0.924. The molecule has 4 heteroatoms. The number of hydrogen-bond acceptors (Lipinski definition) is 3. The zero-order valence-corrected chi connectivity index (χ0v) is 6.40. The minimum Gasteiger partial charge on any atom is -0.508 e. The van der Waals surface area contributed by atoms with E-state index in [1.807, 2.05) is 0 Å². The molecule has 12 heavy (non-hydrogen) atoms. The fourth-order valence-corrected chi connectivity index (χ4v) is 0.924. The van der Waals surface area contributed by atoms with Crippen LogP contribution in [0.15, 0.2) is 12.1 Å². The molecule has 0 aromatic heterocycles. The van der Waals surface area contributed by atoms with Gasteiger partial charge in [0.15, 0.2) is 0 Å². The van der Waals surface area contributed by atoms with Crippen molar-refractivity contribution in [1.82, 2.24) is 0 Å². The van der Waals surface area contributed by atoms with Gasteiger partial charge in [-0.15, -0.1) is 0 Å². The third kappa shape index (κ3) is 1.32. The minimum atomic E-state index is -1.26. The summed E-state index contributed by atoms with van der Waals surface area (Å²) >= 11 is 0. The van der Waals surface area contributed by atoms with Gasteiger partial charge in [-0.3, -0.25) is 0 Å². The predicted octanol–water partition coefficient (Wildman–Crippen LogP) is 1.10. The van der Waals surface area contributed by atoms with E-state index in [9.17, 15) is 9.90 Å². The van der Waals surface area contributed by atoms with Crippen LogP contribution in [0.5, 0.6) is 11.5 Å². The maximum Gasteiger partial charge on any atom is 0.339 e. The Morgan fingerprint density at radius 1 is 1.33 bits per heavy atom. The second-order valence-corrected chi connectivity index (χ2v) is 2.46. The molecule has 0 aliphatic heterocycles. The van der Waals surface area contributed by atoms with Crippen molar-refractivity contribution in [3.05, 3.63) is 23.3 Å². The summed E-state index contributed by atoms with van der Waals surface area (Å²) < 4.78 is 0. The number of aryl methyl sites for hydroxylation is 1. The average molecular weight is 168 g/mol. The molecule has 1 rings (SSSR count). The van der Waals surface area contributed by atoms with E-state index in [1.54, 1.807) is 0 Å². The van der Waals surface area contributed by atoms with Crippen LogP contribution >= 0.6 is 0 Å². The smallest absolute Gasteiger partial charge is 0.339 e. The lowest BCUT2D eigenvalue weighted by molar-refractivity contribution is 0.0693. The molecule has 3 N–H and O–H groups in total. The standard InChI is InChI=1S/C8H8O4/c1-4-2-5(9)3-6(7(4)10)8(11)12/h2-3,9-10H,1H3,(H,11,12). The zero-order chi connectivity index (χ0) is 9.30.